The van der Waals surface area contributed by atoms with E-state index in [0.29, 0.717) is 5.15 Å². The molecule has 3 heteroatoms. The molecule has 0 amide bonds. The van der Waals surface area contributed by atoms with Gasteiger partial charge in [0.15, 0.2) is 0 Å². The molecule has 0 aliphatic carbocycles. The Balaban J connectivity index is 3.07. The highest BCUT2D eigenvalue weighted by Crippen LogP contribution is 2.02. The monoisotopic (exact) mass is 140 g/mol. The zero-order valence-corrected chi connectivity index (χ0v) is 5.22. The van der Waals surface area contributed by atoms with E-state index >= 15 is 0 Å². The molecule has 0 unspecified atom stereocenters. The molecule has 0 aliphatic rings. The number of hydrogen-bond acceptors (Lipinski definition) is 2. The lowest BCUT2D eigenvalue weighted by Gasteiger charge is -1.86. The van der Waals surface area contributed by atoms with Crippen molar-refractivity contribution in [1.82, 2.24) is 4.98 Å². The van der Waals surface area contributed by atoms with Gasteiger partial charge in [0.2, 0.25) is 0 Å². The number of carbonyl (C=O) groups excluding carboxylic acids is 1. The molecule has 1 radical (unpaired) electrons. The largest absolute Gasteiger partial charge is 0.283 e. The van der Waals surface area contributed by atoms with Crippen LogP contribution in [0, 0.1) is 0 Å². The van der Waals surface area contributed by atoms with Gasteiger partial charge in [0.25, 0.3) is 6.29 Å². The topological polar surface area (TPSA) is 30.0 Å². The molecule has 1 aromatic heterocycles. The van der Waals surface area contributed by atoms with E-state index in [9.17, 15) is 4.79 Å². The van der Waals surface area contributed by atoms with Crippen LogP contribution in [0.1, 0.15) is 5.69 Å². The van der Waals surface area contributed by atoms with Gasteiger partial charge in [0.1, 0.15) is 10.8 Å². The van der Waals surface area contributed by atoms with Crippen LogP contribution in [-0.2, 0) is 4.79 Å². The predicted molar refractivity (Wildman–Crippen MR) is 34.0 cm³/mol. The van der Waals surface area contributed by atoms with E-state index in [0.717, 1.165) is 0 Å². The first-order valence-corrected chi connectivity index (χ1v) is 2.71. The number of aromatic nitrogens is 1. The van der Waals surface area contributed by atoms with Crippen LogP contribution in [0.5, 0.6) is 0 Å². The zero-order chi connectivity index (χ0) is 6.69. The second-order valence-corrected chi connectivity index (χ2v) is 1.83. The molecule has 1 rings (SSSR count). The van der Waals surface area contributed by atoms with E-state index in [2.05, 4.69) is 4.98 Å². The first kappa shape index (κ1) is 6.23. The number of rotatable bonds is 1. The molecule has 1 aromatic rings. The Hall–Kier alpha value is -0.890. The molecule has 45 valence electrons. The second kappa shape index (κ2) is 2.60. The Kier molecular flexibility index (Phi) is 1.80. The maximum atomic E-state index is 9.91. The SMILES string of the molecule is O=[C]c1cccc(Cl)n1. The van der Waals surface area contributed by atoms with E-state index < -0.39 is 0 Å². The molecule has 9 heavy (non-hydrogen) atoms. The third kappa shape index (κ3) is 1.50. The van der Waals surface area contributed by atoms with Gasteiger partial charge in [-0.05, 0) is 12.1 Å². The minimum atomic E-state index is 0.238. The fraction of sp³-hybridized carbons (Fsp3) is 0. The summed E-state index contributed by atoms with van der Waals surface area (Å²) in [5, 5.41) is 0.316. The summed E-state index contributed by atoms with van der Waals surface area (Å²) < 4.78 is 0. The molecule has 0 saturated carbocycles. The molecular formula is C6H3ClNO. The Morgan fingerprint density at radius 2 is 2.33 bits per heavy atom. The lowest BCUT2D eigenvalue weighted by atomic mass is 10.4. The van der Waals surface area contributed by atoms with E-state index in [1.807, 2.05) is 0 Å². The van der Waals surface area contributed by atoms with Gasteiger partial charge in [0, 0.05) is 0 Å². The van der Waals surface area contributed by atoms with Crippen molar-refractivity contribution in [3.8, 4) is 0 Å². The Bertz CT molecular complexity index is 224. The van der Waals surface area contributed by atoms with E-state index in [-0.39, 0.29) is 5.69 Å². The molecule has 0 saturated heterocycles. The van der Waals surface area contributed by atoms with Crippen molar-refractivity contribution in [2.45, 2.75) is 0 Å². The van der Waals surface area contributed by atoms with Crippen molar-refractivity contribution in [2.75, 3.05) is 0 Å². The number of nitrogens with zero attached hydrogens (tertiary/aromatic N) is 1. The van der Waals surface area contributed by atoms with Crippen LogP contribution in [0.3, 0.4) is 0 Å². The van der Waals surface area contributed by atoms with Crippen LogP contribution < -0.4 is 0 Å². The summed E-state index contributed by atoms with van der Waals surface area (Å²) >= 11 is 5.43. The van der Waals surface area contributed by atoms with Crippen LogP contribution in [-0.4, -0.2) is 11.3 Å². The Morgan fingerprint density at radius 3 is 2.78 bits per heavy atom. The molecule has 1 heterocycles. The molecule has 0 aromatic carbocycles. The molecule has 0 N–H and O–H groups in total. The maximum absolute atomic E-state index is 9.91. The van der Waals surface area contributed by atoms with Crippen molar-refractivity contribution in [3.05, 3.63) is 29.0 Å². The van der Waals surface area contributed by atoms with E-state index in [4.69, 9.17) is 11.6 Å². The minimum absolute atomic E-state index is 0.238. The van der Waals surface area contributed by atoms with Crippen LogP contribution >= 0.6 is 11.6 Å². The standard InChI is InChI=1S/C6H3ClNO/c7-6-3-1-2-5(4-9)8-6/h1-3H. The summed E-state index contributed by atoms with van der Waals surface area (Å²) in [7, 11) is 0. The minimum Gasteiger partial charge on any atom is -0.283 e. The van der Waals surface area contributed by atoms with Crippen LogP contribution in [0.2, 0.25) is 5.15 Å². The van der Waals surface area contributed by atoms with Crippen LogP contribution in [0.25, 0.3) is 0 Å². The van der Waals surface area contributed by atoms with Crippen molar-refractivity contribution < 1.29 is 4.79 Å². The summed E-state index contributed by atoms with van der Waals surface area (Å²) in [5.41, 5.74) is 0.238. The summed E-state index contributed by atoms with van der Waals surface area (Å²) in [6.45, 7) is 0. The number of hydrogen-bond donors (Lipinski definition) is 0. The van der Waals surface area contributed by atoms with Gasteiger partial charge >= 0.3 is 0 Å². The normalized spacial score (nSPS) is 9.00. The van der Waals surface area contributed by atoms with E-state index in [1.54, 1.807) is 24.5 Å². The lowest BCUT2D eigenvalue weighted by molar-refractivity contribution is 0.561. The van der Waals surface area contributed by atoms with Crippen molar-refractivity contribution in [1.29, 1.82) is 0 Å². The third-order valence-electron chi connectivity index (χ3n) is 0.820. The highest BCUT2D eigenvalue weighted by Gasteiger charge is 1.90. The van der Waals surface area contributed by atoms with Gasteiger partial charge in [-0.2, -0.15) is 0 Å². The first-order chi connectivity index (χ1) is 4.33. The summed E-state index contributed by atoms with van der Waals surface area (Å²) in [4.78, 5) is 13.5. The zero-order valence-electron chi connectivity index (χ0n) is 4.47. The van der Waals surface area contributed by atoms with Gasteiger partial charge in [-0.3, -0.25) is 4.79 Å². The molecule has 0 atom stereocenters. The van der Waals surface area contributed by atoms with Crippen molar-refractivity contribution in [3.63, 3.8) is 0 Å². The molecule has 0 bridgehead atoms. The fourth-order valence-corrected chi connectivity index (χ4v) is 0.629. The smallest absolute Gasteiger partial charge is 0.253 e. The maximum Gasteiger partial charge on any atom is 0.253 e. The molecule has 0 fully saturated rings. The van der Waals surface area contributed by atoms with Crippen molar-refractivity contribution in [2.24, 2.45) is 0 Å². The number of pyridine rings is 1. The summed E-state index contributed by atoms with van der Waals surface area (Å²) in [6, 6.07) is 4.79. The Morgan fingerprint density at radius 1 is 1.56 bits per heavy atom. The third-order valence-corrected chi connectivity index (χ3v) is 1.03. The fourth-order valence-electron chi connectivity index (χ4n) is 0.465. The summed E-state index contributed by atoms with van der Waals surface area (Å²) in [5.74, 6) is 0. The quantitative estimate of drug-likeness (QED) is 0.549. The number of halogens is 1. The lowest BCUT2D eigenvalue weighted by Crippen LogP contribution is -1.84. The van der Waals surface area contributed by atoms with Crippen molar-refractivity contribution >= 4 is 17.9 Å². The predicted octanol–water partition coefficient (Wildman–Crippen LogP) is 1.19. The average Bonchev–Trinajstić information content (AvgIpc) is 1.88. The van der Waals surface area contributed by atoms with Gasteiger partial charge in [-0.1, -0.05) is 17.7 Å². The first-order valence-electron chi connectivity index (χ1n) is 2.33. The molecule has 0 aliphatic heterocycles. The molecule has 0 spiro atoms. The molecule has 2 nitrogen and oxygen atoms in total. The van der Waals surface area contributed by atoms with Gasteiger partial charge < -0.3 is 0 Å². The van der Waals surface area contributed by atoms with Gasteiger partial charge in [-0.15, -0.1) is 0 Å². The average molecular weight is 141 g/mol. The van der Waals surface area contributed by atoms with E-state index in [1.165, 1.54) is 0 Å². The molecular weight excluding hydrogens is 138 g/mol. The Labute approximate surface area is 57.5 Å². The summed E-state index contributed by atoms with van der Waals surface area (Å²) in [6.07, 6.45) is 1.62. The highest BCUT2D eigenvalue weighted by atomic mass is 35.5. The second-order valence-electron chi connectivity index (χ2n) is 1.45. The van der Waals surface area contributed by atoms with Crippen LogP contribution in [0.4, 0.5) is 0 Å². The van der Waals surface area contributed by atoms with Gasteiger partial charge in [-0.25, -0.2) is 4.98 Å². The van der Waals surface area contributed by atoms with Crippen LogP contribution in [0.15, 0.2) is 18.2 Å². The highest BCUT2D eigenvalue weighted by molar-refractivity contribution is 6.29. The van der Waals surface area contributed by atoms with Gasteiger partial charge in [0.05, 0.1) is 0 Å².